The SMILES string of the molecule is CCOc1cccc(C(=O)Nc2sc3c(c2C(=O)OC(C)C)CCCCCCCCCC3)c1. The monoisotopic (exact) mass is 471 g/mol. The number of esters is 1. The van der Waals surface area contributed by atoms with Crippen LogP contribution in [0.1, 0.15) is 103 Å². The molecule has 2 aromatic rings. The van der Waals surface area contributed by atoms with E-state index in [9.17, 15) is 9.59 Å². The van der Waals surface area contributed by atoms with Gasteiger partial charge in [-0.2, -0.15) is 0 Å². The Bertz CT molecular complexity index is 934. The summed E-state index contributed by atoms with van der Waals surface area (Å²) in [5, 5.41) is 3.63. The molecule has 1 aliphatic rings. The van der Waals surface area contributed by atoms with E-state index in [4.69, 9.17) is 9.47 Å². The number of ether oxygens (including phenoxy) is 2. The van der Waals surface area contributed by atoms with Gasteiger partial charge < -0.3 is 14.8 Å². The van der Waals surface area contributed by atoms with E-state index < -0.39 is 0 Å². The topological polar surface area (TPSA) is 64.6 Å². The van der Waals surface area contributed by atoms with E-state index in [1.54, 1.807) is 29.5 Å². The minimum absolute atomic E-state index is 0.217. The van der Waals surface area contributed by atoms with Crippen LogP contribution in [-0.4, -0.2) is 24.6 Å². The van der Waals surface area contributed by atoms with Crippen molar-refractivity contribution in [3.05, 3.63) is 45.8 Å². The Balaban J connectivity index is 1.93. The molecule has 1 heterocycles. The first kappa shape index (κ1) is 25.3. The van der Waals surface area contributed by atoms with E-state index >= 15 is 0 Å². The molecule has 6 heteroatoms. The van der Waals surface area contributed by atoms with E-state index in [-0.39, 0.29) is 18.0 Å². The lowest BCUT2D eigenvalue weighted by atomic mass is 9.97. The van der Waals surface area contributed by atoms with Crippen molar-refractivity contribution in [3.8, 4) is 5.75 Å². The normalized spacial score (nSPS) is 15.2. The Morgan fingerprint density at radius 3 is 2.33 bits per heavy atom. The number of amides is 1. The summed E-state index contributed by atoms with van der Waals surface area (Å²) in [6, 6.07) is 7.13. The van der Waals surface area contributed by atoms with Gasteiger partial charge in [-0.25, -0.2) is 4.79 Å². The van der Waals surface area contributed by atoms with E-state index in [0.717, 1.165) is 31.2 Å². The fraction of sp³-hybridized carbons (Fsp3) is 0.556. The van der Waals surface area contributed by atoms with Gasteiger partial charge in [0, 0.05) is 10.4 Å². The van der Waals surface area contributed by atoms with Crippen molar-refractivity contribution in [2.24, 2.45) is 0 Å². The van der Waals surface area contributed by atoms with E-state index in [1.165, 1.54) is 43.4 Å². The zero-order chi connectivity index (χ0) is 23.6. The maximum atomic E-state index is 13.2. The number of nitrogens with one attached hydrogen (secondary N) is 1. The number of hydrogen-bond donors (Lipinski definition) is 1. The summed E-state index contributed by atoms with van der Waals surface area (Å²) in [5.41, 5.74) is 2.13. The van der Waals surface area contributed by atoms with Crippen molar-refractivity contribution in [1.29, 1.82) is 0 Å². The quantitative estimate of drug-likeness (QED) is 0.453. The van der Waals surface area contributed by atoms with Crippen molar-refractivity contribution in [1.82, 2.24) is 0 Å². The van der Waals surface area contributed by atoms with Gasteiger partial charge in [-0.05, 0) is 70.2 Å². The average Bonchev–Trinajstić information content (AvgIpc) is 3.10. The highest BCUT2D eigenvalue weighted by Gasteiger charge is 2.26. The highest BCUT2D eigenvalue weighted by molar-refractivity contribution is 7.17. The number of anilines is 1. The molecule has 0 atom stereocenters. The molecule has 5 nitrogen and oxygen atoms in total. The second-order valence-corrected chi connectivity index (χ2v) is 10.0. The van der Waals surface area contributed by atoms with Crippen LogP contribution in [0.15, 0.2) is 24.3 Å². The van der Waals surface area contributed by atoms with Gasteiger partial charge in [0.15, 0.2) is 0 Å². The Morgan fingerprint density at radius 2 is 1.67 bits per heavy atom. The van der Waals surface area contributed by atoms with Crippen molar-refractivity contribution < 1.29 is 19.1 Å². The Hall–Kier alpha value is -2.34. The number of hydrogen-bond acceptors (Lipinski definition) is 5. The Kier molecular flexibility index (Phi) is 9.79. The second kappa shape index (κ2) is 12.8. The molecule has 0 radical (unpaired) electrons. The molecular formula is C27H37NO4S. The van der Waals surface area contributed by atoms with Crippen molar-refractivity contribution in [2.75, 3.05) is 11.9 Å². The summed E-state index contributed by atoms with van der Waals surface area (Å²) >= 11 is 1.54. The molecule has 0 aliphatic heterocycles. The first-order chi connectivity index (χ1) is 16.0. The molecular weight excluding hydrogens is 434 g/mol. The number of fused-ring (bicyclic) bond motifs is 1. The summed E-state index contributed by atoms with van der Waals surface area (Å²) in [6.45, 7) is 6.16. The standard InChI is InChI=1S/C27H37NO4S/c1-4-31-21-15-13-14-20(18-21)25(29)28-26-24(27(30)32-19(2)3)22-16-11-9-7-5-6-8-10-12-17-23(22)33-26/h13-15,18-19H,4-12,16-17H2,1-3H3,(H,28,29). The minimum atomic E-state index is -0.340. The number of rotatable bonds is 6. The van der Waals surface area contributed by atoms with Gasteiger partial charge in [-0.1, -0.05) is 44.6 Å². The average molecular weight is 472 g/mol. The number of carbonyl (C=O) groups excluding carboxylic acids is 2. The first-order valence-corrected chi connectivity index (χ1v) is 13.2. The molecule has 3 rings (SSSR count). The predicted molar refractivity (Wildman–Crippen MR) is 135 cm³/mol. The molecule has 1 aliphatic carbocycles. The van der Waals surface area contributed by atoms with E-state index in [2.05, 4.69) is 5.32 Å². The van der Waals surface area contributed by atoms with Crippen LogP contribution in [0.2, 0.25) is 0 Å². The third-order valence-corrected chi connectivity index (χ3v) is 7.06. The zero-order valence-electron chi connectivity index (χ0n) is 20.2. The van der Waals surface area contributed by atoms with Gasteiger partial charge >= 0.3 is 5.97 Å². The third kappa shape index (κ3) is 7.32. The summed E-state index contributed by atoms with van der Waals surface area (Å²) in [7, 11) is 0. The van der Waals surface area contributed by atoms with Gasteiger partial charge in [-0.15, -0.1) is 11.3 Å². The Labute approximate surface area is 201 Å². The third-order valence-electron chi connectivity index (χ3n) is 5.85. The zero-order valence-corrected chi connectivity index (χ0v) is 21.0. The van der Waals surface area contributed by atoms with E-state index in [1.807, 2.05) is 26.8 Å². The fourth-order valence-corrected chi connectivity index (χ4v) is 5.55. The van der Waals surface area contributed by atoms with Crippen LogP contribution in [0, 0.1) is 0 Å². The Morgan fingerprint density at radius 1 is 1.00 bits per heavy atom. The summed E-state index contributed by atoms with van der Waals surface area (Å²) < 4.78 is 11.1. The van der Waals surface area contributed by atoms with Crippen LogP contribution in [0.4, 0.5) is 5.00 Å². The maximum Gasteiger partial charge on any atom is 0.341 e. The maximum absolute atomic E-state index is 13.2. The molecule has 0 saturated heterocycles. The molecule has 1 amide bonds. The van der Waals surface area contributed by atoms with Gasteiger partial charge in [0.05, 0.1) is 18.3 Å². The molecule has 0 fully saturated rings. The highest BCUT2D eigenvalue weighted by Crippen LogP contribution is 2.37. The van der Waals surface area contributed by atoms with Gasteiger partial charge in [0.2, 0.25) is 0 Å². The lowest BCUT2D eigenvalue weighted by molar-refractivity contribution is 0.0378. The van der Waals surface area contributed by atoms with Crippen LogP contribution < -0.4 is 10.1 Å². The second-order valence-electron chi connectivity index (χ2n) is 8.91. The van der Waals surface area contributed by atoms with Crippen LogP contribution in [0.3, 0.4) is 0 Å². The lowest BCUT2D eigenvalue weighted by Crippen LogP contribution is -2.17. The number of thiophene rings is 1. The van der Waals surface area contributed by atoms with Crippen LogP contribution in [0.25, 0.3) is 0 Å². The smallest absolute Gasteiger partial charge is 0.341 e. The highest BCUT2D eigenvalue weighted by atomic mass is 32.1. The largest absolute Gasteiger partial charge is 0.494 e. The van der Waals surface area contributed by atoms with Crippen LogP contribution in [-0.2, 0) is 17.6 Å². The molecule has 0 saturated carbocycles. The van der Waals surface area contributed by atoms with Gasteiger partial charge in [0.25, 0.3) is 5.91 Å². The van der Waals surface area contributed by atoms with Crippen molar-refractivity contribution in [3.63, 3.8) is 0 Å². The van der Waals surface area contributed by atoms with E-state index in [0.29, 0.717) is 28.5 Å². The summed E-state index contributed by atoms with van der Waals surface area (Å²) in [4.78, 5) is 27.5. The van der Waals surface area contributed by atoms with Crippen molar-refractivity contribution in [2.45, 2.75) is 91.1 Å². The fourth-order valence-electron chi connectivity index (χ4n) is 4.27. The van der Waals surface area contributed by atoms with Crippen LogP contribution >= 0.6 is 11.3 Å². The van der Waals surface area contributed by atoms with Crippen LogP contribution in [0.5, 0.6) is 5.75 Å². The molecule has 1 aromatic carbocycles. The van der Waals surface area contributed by atoms with Gasteiger partial charge in [-0.3, -0.25) is 4.79 Å². The number of aryl methyl sites for hydroxylation is 1. The molecule has 0 unspecified atom stereocenters. The minimum Gasteiger partial charge on any atom is -0.494 e. The first-order valence-electron chi connectivity index (χ1n) is 12.4. The lowest BCUT2D eigenvalue weighted by Gasteiger charge is -2.13. The molecule has 1 N–H and O–H groups in total. The summed E-state index contributed by atoms with van der Waals surface area (Å²) in [6.07, 6.45) is 11.2. The van der Waals surface area contributed by atoms with Crippen molar-refractivity contribution >= 4 is 28.2 Å². The molecule has 0 spiro atoms. The predicted octanol–water partition coefficient (Wildman–Crippen LogP) is 7.18. The number of carbonyl (C=O) groups is 2. The van der Waals surface area contributed by atoms with Gasteiger partial charge in [0.1, 0.15) is 10.8 Å². The molecule has 0 bridgehead atoms. The number of benzene rings is 1. The molecule has 33 heavy (non-hydrogen) atoms. The molecule has 1 aromatic heterocycles. The summed E-state index contributed by atoms with van der Waals surface area (Å²) in [5.74, 6) is 0.0723. The molecule has 180 valence electrons.